The maximum absolute atomic E-state index is 15.1. The Labute approximate surface area is 347 Å². The molecule has 10 rings (SSSR count). The van der Waals surface area contributed by atoms with E-state index >= 15 is 8.78 Å². The summed E-state index contributed by atoms with van der Waals surface area (Å²) in [4.78, 5) is 79.0. The monoisotopic (exact) mass is 841 g/mol. The molecule has 18 heteroatoms. The van der Waals surface area contributed by atoms with Crippen molar-refractivity contribution in [3.8, 4) is 5.75 Å². The summed E-state index contributed by atoms with van der Waals surface area (Å²) in [7, 11) is 1.59. The van der Waals surface area contributed by atoms with Crippen molar-refractivity contribution in [3.05, 3.63) is 69.1 Å². The fourth-order valence-corrected chi connectivity index (χ4v) is 9.68. The van der Waals surface area contributed by atoms with Crippen molar-refractivity contribution in [2.75, 3.05) is 53.2 Å². The Morgan fingerprint density at radius 1 is 0.967 bits per heavy atom. The molecule has 1 saturated carbocycles. The summed E-state index contributed by atoms with van der Waals surface area (Å²) < 4.78 is 37.2. The maximum Gasteiger partial charge on any atom is 0.301 e. The molecular weight excluding hydrogens is 800 g/mol. The minimum absolute atomic E-state index is 0.0686. The molecule has 4 fully saturated rings. The SMILES string of the molecule is Cn1c(=O)c2c(c3cc(Nc4nc(N5CCC(CC6CN(c7cccc8c7C(=O)N(C7CCC(=O)NC7=O)C8=O)C6)CC5)ncc4Cl)ccc31)N[C@@H](C1CC1)C(F)(F)CO2. The van der Waals surface area contributed by atoms with Crippen LogP contribution in [-0.2, 0) is 16.6 Å². The number of aromatic nitrogens is 3. The topological polar surface area (TPSA) is 171 Å². The molecule has 0 bridgehead atoms. The normalized spacial score (nSPS) is 23.1. The summed E-state index contributed by atoms with van der Waals surface area (Å²) in [6, 6.07) is 8.39. The fraction of sp³-hybridized carbons (Fsp3) is 0.452. The van der Waals surface area contributed by atoms with Gasteiger partial charge in [-0.15, -0.1) is 0 Å². The predicted octanol–water partition coefficient (Wildman–Crippen LogP) is 5.09. The number of alkyl halides is 2. The van der Waals surface area contributed by atoms with E-state index in [1.54, 1.807) is 43.6 Å². The lowest BCUT2D eigenvalue weighted by Crippen LogP contribution is -2.54. The molecule has 7 heterocycles. The van der Waals surface area contributed by atoms with Gasteiger partial charge in [0.05, 0.1) is 40.3 Å². The van der Waals surface area contributed by atoms with Crippen LogP contribution in [-0.4, -0.2) is 93.9 Å². The van der Waals surface area contributed by atoms with Crippen molar-refractivity contribution < 1.29 is 32.7 Å². The summed E-state index contributed by atoms with van der Waals surface area (Å²) in [6.07, 6.45) is 5.99. The largest absolute Gasteiger partial charge is 0.480 e. The van der Waals surface area contributed by atoms with Crippen molar-refractivity contribution in [2.24, 2.45) is 24.8 Å². The molecule has 6 aliphatic rings. The van der Waals surface area contributed by atoms with Crippen LogP contribution in [0.3, 0.4) is 0 Å². The number of rotatable bonds is 8. The molecule has 1 unspecified atom stereocenters. The number of hydrogen-bond acceptors (Lipinski definition) is 12. The van der Waals surface area contributed by atoms with Gasteiger partial charge in [-0.3, -0.25) is 34.2 Å². The van der Waals surface area contributed by atoms with E-state index in [-0.39, 0.29) is 35.8 Å². The van der Waals surface area contributed by atoms with Crippen LogP contribution in [0, 0.1) is 17.8 Å². The number of imide groups is 2. The van der Waals surface area contributed by atoms with Crippen LogP contribution in [0.2, 0.25) is 5.02 Å². The van der Waals surface area contributed by atoms with Gasteiger partial charge in [-0.25, -0.2) is 13.8 Å². The van der Waals surface area contributed by atoms with Gasteiger partial charge in [0, 0.05) is 50.7 Å². The molecule has 60 heavy (non-hydrogen) atoms. The highest BCUT2D eigenvalue weighted by Crippen LogP contribution is 2.46. The number of anilines is 5. The Bertz CT molecular complexity index is 2550. The lowest BCUT2D eigenvalue weighted by Gasteiger charge is -2.44. The van der Waals surface area contributed by atoms with Crippen LogP contribution < -0.4 is 36.0 Å². The predicted molar refractivity (Wildman–Crippen MR) is 218 cm³/mol. The Hall–Kier alpha value is -5.84. The fourth-order valence-electron chi connectivity index (χ4n) is 9.54. The van der Waals surface area contributed by atoms with E-state index in [0.29, 0.717) is 69.3 Å². The van der Waals surface area contributed by atoms with Crippen molar-refractivity contribution >= 4 is 75.0 Å². The molecule has 0 spiro atoms. The third-order valence-corrected chi connectivity index (χ3v) is 13.2. The summed E-state index contributed by atoms with van der Waals surface area (Å²) >= 11 is 6.60. The van der Waals surface area contributed by atoms with Gasteiger partial charge in [-0.05, 0) is 86.6 Å². The lowest BCUT2D eigenvalue weighted by atomic mass is 9.83. The number of carbonyl (C=O) groups excluding carboxylic acids is 4. The Balaban J connectivity index is 0.781. The van der Waals surface area contributed by atoms with Crippen LogP contribution >= 0.6 is 11.6 Å². The number of hydrogen-bond donors (Lipinski definition) is 3. The maximum atomic E-state index is 15.1. The van der Waals surface area contributed by atoms with E-state index in [2.05, 4.69) is 30.7 Å². The van der Waals surface area contributed by atoms with Gasteiger partial charge in [0.15, 0.2) is 12.4 Å². The highest BCUT2D eigenvalue weighted by molar-refractivity contribution is 6.33. The van der Waals surface area contributed by atoms with Crippen LogP contribution in [0.1, 0.15) is 65.7 Å². The second-order valence-electron chi connectivity index (χ2n) is 16.9. The minimum Gasteiger partial charge on any atom is -0.480 e. The number of benzene rings is 2. The van der Waals surface area contributed by atoms with E-state index in [1.807, 2.05) is 6.07 Å². The first-order valence-electron chi connectivity index (χ1n) is 20.4. The van der Waals surface area contributed by atoms with Crippen LogP contribution in [0.4, 0.5) is 37.6 Å². The third-order valence-electron chi connectivity index (χ3n) is 12.9. The molecule has 15 nitrogen and oxygen atoms in total. The van der Waals surface area contributed by atoms with Crippen LogP contribution in [0.15, 0.2) is 47.4 Å². The first kappa shape index (κ1) is 38.4. The number of fused-ring (bicyclic) bond motifs is 4. The molecular formula is C42H42ClF2N9O6. The van der Waals surface area contributed by atoms with Crippen molar-refractivity contribution in [1.29, 1.82) is 0 Å². The van der Waals surface area contributed by atoms with E-state index in [0.717, 1.165) is 50.3 Å². The first-order chi connectivity index (χ1) is 28.8. The van der Waals surface area contributed by atoms with Gasteiger partial charge in [0.1, 0.15) is 11.1 Å². The Kier molecular flexibility index (Phi) is 9.22. The smallest absolute Gasteiger partial charge is 0.301 e. The molecule has 5 aliphatic heterocycles. The number of amides is 4. The van der Waals surface area contributed by atoms with Gasteiger partial charge in [0.25, 0.3) is 17.4 Å². The number of carbonyl (C=O) groups is 4. The number of ether oxygens (including phenoxy) is 1. The average molecular weight is 842 g/mol. The lowest BCUT2D eigenvalue weighted by molar-refractivity contribution is -0.136. The summed E-state index contributed by atoms with van der Waals surface area (Å²) in [5, 5.41) is 9.40. The molecule has 2 aromatic heterocycles. The van der Waals surface area contributed by atoms with Crippen molar-refractivity contribution in [2.45, 2.75) is 63.0 Å². The second-order valence-corrected chi connectivity index (χ2v) is 17.3. The van der Waals surface area contributed by atoms with Gasteiger partial charge in [-0.1, -0.05) is 17.7 Å². The second kappa shape index (κ2) is 14.4. The Morgan fingerprint density at radius 3 is 2.50 bits per heavy atom. The first-order valence-corrected chi connectivity index (χ1v) is 20.8. The number of halogens is 3. The molecule has 0 radical (unpaired) electrons. The summed E-state index contributed by atoms with van der Waals surface area (Å²) in [5.74, 6) is -3.72. The molecule has 3 N–H and O–H groups in total. The van der Waals surface area contributed by atoms with Crippen LogP contribution in [0.25, 0.3) is 10.9 Å². The molecule has 2 atom stereocenters. The highest BCUT2D eigenvalue weighted by atomic mass is 35.5. The number of pyridine rings is 1. The third kappa shape index (κ3) is 6.57. The van der Waals surface area contributed by atoms with Gasteiger partial charge in [-0.2, -0.15) is 4.98 Å². The zero-order valence-corrected chi connectivity index (χ0v) is 33.4. The average Bonchev–Trinajstić information content (AvgIpc) is 4.04. The molecule has 4 aromatic rings. The standard InChI is InChI=1S/C42H42ClF2N9O6/c1-51-28-8-7-24(16-26(28)33-34(40(51)59)60-20-42(44,45)35(49-33)23-5-6-23)47-36-27(43)17-46-41(50-36)52-13-11-21(12-14-52)15-22-18-53(19-22)29-4-2-3-25-32(29)39(58)54(38(25)57)30-9-10-31(55)48-37(30)56/h2-4,7-8,16-17,21-23,30,35,49H,5-6,9-15,18-20H2,1H3,(H,46,47,50)(H,48,55,56)/t30?,35-/m0/s1. The molecule has 3 saturated heterocycles. The van der Waals surface area contributed by atoms with Gasteiger partial charge >= 0.3 is 5.92 Å². The zero-order chi connectivity index (χ0) is 41.6. The number of nitrogens with one attached hydrogen (secondary N) is 3. The van der Waals surface area contributed by atoms with Crippen molar-refractivity contribution in [3.63, 3.8) is 0 Å². The van der Waals surface area contributed by atoms with E-state index in [4.69, 9.17) is 21.3 Å². The van der Waals surface area contributed by atoms with E-state index in [1.165, 1.54) is 4.57 Å². The Morgan fingerprint density at radius 2 is 1.75 bits per heavy atom. The van der Waals surface area contributed by atoms with Gasteiger partial charge < -0.3 is 29.7 Å². The number of nitrogens with zero attached hydrogens (tertiary/aromatic N) is 6. The molecule has 312 valence electrons. The van der Waals surface area contributed by atoms with E-state index < -0.39 is 53.8 Å². The molecule has 1 aliphatic carbocycles. The molecule has 2 aromatic carbocycles. The number of aryl methyl sites for hydroxylation is 1. The number of piperidine rings is 2. The summed E-state index contributed by atoms with van der Waals surface area (Å²) in [5.41, 5.74) is 2.20. The van der Waals surface area contributed by atoms with Crippen molar-refractivity contribution in [1.82, 2.24) is 24.8 Å². The minimum atomic E-state index is -3.15. The zero-order valence-electron chi connectivity index (χ0n) is 32.7. The molecule has 4 amide bonds. The van der Waals surface area contributed by atoms with Gasteiger partial charge in [0.2, 0.25) is 23.5 Å². The summed E-state index contributed by atoms with van der Waals surface area (Å²) in [6.45, 7) is 2.11. The van der Waals surface area contributed by atoms with E-state index in [9.17, 15) is 24.0 Å². The van der Waals surface area contributed by atoms with Crippen LogP contribution in [0.5, 0.6) is 5.75 Å². The quantitative estimate of drug-likeness (QED) is 0.201. The highest BCUT2D eigenvalue weighted by Gasteiger charge is 2.51.